The van der Waals surface area contributed by atoms with Crippen LogP contribution in [0.4, 0.5) is 0 Å². The van der Waals surface area contributed by atoms with Gasteiger partial charge in [0.05, 0.1) is 18.3 Å². The van der Waals surface area contributed by atoms with E-state index in [4.69, 9.17) is 10.5 Å². The van der Waals surface area contributed by atoms with Crippen LogP contribution in [-0.2, 0) is 0 Å². The van der Waals surface area contributed by atoms with Crippen molar-refractivity contribution < 1.29 is 4.74 Å². The van der Waals surface area contributed by atoms with Crippen LogP contribution in [0.15, 0.2) is 36.9 Å². The van der Waals surface area contributed by atoms with Crippen LogP contribution in [0.5, 0.6) is 5.75 Å². The van der Waals surface area contributed by atoms with Gasteiger partial charge in [-0.05, 0) is 49.6 Å². The number of hydrogen-bond donors (Lipinski definition) is 1. The number of nitrogens with zero attached hydrogens (tertiary/aromatic N) is 2. The molecule has 1 atom stereocenters. The summed E-state index contributed by atoms with van der Waals surface area (Å²) in [5, 5.41) is 0. The molecule has 0 aliphatic heterocycles. The number of aromatic nitrogens is 2. The Kier molecular flexibility index (Phi) is 4.12. The zero-order valence-corrected chi connectivity index (χ0v) is 11.5. The second kappa shape index (κ2) is 5.80. The summed E-state index contributed by atoms with van der Waals surface area (Å²) in [6.45, 7) is 5.98. The Balaban J connectivity index is 2.29. The van der Waals surface area contributed by atoms with Crippen molar-refractivity contribution in [2.24, 2.45) is 5.73 Å². The first-order valence-corrected chi connectivity index (χ1v) is 6.35. The molecule has 2 heterocycles. The largest absolute Gasteiger partial charge is 0.489 e. The molecule has 0 aliphatic rings. The number of ether oxygens (including phenoxy) is 1. The molecule has 0 saturated heterocycles. The van der Waals surface area contributed by atoms with Gasteiger partial charge in [0.25, 0.3) is 0 Å². The van der Waals surface area contributed by atoms with E-state index in [2.05, 4.69) is 9.97 Å². The van der Waals surface area contributed by atoms with E-state index in [9.17, 15) is 0 Å². The quantitative estimate of drug-likeness (QED) is 0.914. The molecule has 2 aromatic rings. The topological polar surface area (TPSA) is 61.0 Å². The average molecular weight is 257 g/mol. The van der Waals surface area contributed by atoms with Crippen molar-refractivity contribution in [2.75, 3.05) is 0 Å². The summed E-state index contributed by atoms with van der Waals surface area (Å²) < 4.78 is 5.64. The van der Waals surface area contributed by atoms with Gasteiger partial charge >= 0.3 is 0 Å². The van der Waals surface area contributed by atoms with E-state index < -0.39 is 0 Å². The van der Waals surface area contributed by atoms with Crippen LogP contribution in [0.2, 0.25) is 0 Å². The number of hydrogen-bond acceptors (Lipinski definition) is 4. The van der Waals surface area contributed by atoms with Crippen LogP contribution in [0, 0.1) is 6.92 Å². The highest BCUT2D eigenvalue weighted by molar-refractivity contribution is 5.36. The van der Waals surface area contributed by atoms with Crippen LogP contribution in [0.25, 0.3) is 0 Å². The molecule has 0 spiro atoms. The Hall–Kier alpha value is -1.94. The third-order valence-electron chi connectivity index (χ3n) is 2.86. The highest BCUT2D eigenvalue weighted by Crippen LogP contribution is 2.24. The van der Waals surface area contributed by atoms with Crippen molar-refractivity contribution in [3.8, 4) is 5.75 Å². The van der Waals surface area contributed by atoms with Gasteiger partial charge in [-0.3, -0.25) is 9.97 Å². The van der Waals surface area contributed by atoms with Gasteiger partial charge in [0.15, 0.2) is 0 Å². The Morgan fingerprint density at radius 2 is 1.95 bits per heavy atom. The number of nitrogens with two attached hydrogens (primary N) is 1. The summed E-state index contributed by atoms with van der Waals surface area (Å²) in [5.41, 5.74) is 9.36. The zero-order chi connectivity index (χ0) is 13.8. The molecular formula is C15H19N3O. The second-order valence-corrected chi connectivity index (χ2v) is 4.83. The van der Waals surface area contributed by atoms with Crippen LogP contribution >= 0.6 is 0 Å². The van der Waals surface area contributed by atoms with Gasteiger partial charge in [-0.2, -0.15) is 0 Å². The van der Waals surface area contributed by atoms with Crippen molar-refractivity contribution in [3.05, 3.63) is 53.6 Å². The first-order valence-electron chi connectivity index (χ1n) is 6.35. The van der Waals surface area contributed by atoms with Gasteiger partial charge in [0, 0.05) is 18.6 Å². The number of aryl methyl sites for hydroxylation is 1. The summed E-state index contributed by atoms with van der Waals surface area (Å²) >= 11 is 0. The third kappa shape index (κ3) is 3.29. The Bertz CT molecular complexity index is 555. The molecule has 2 rings (SSSR count). The average Bonchev–Trinajstić information content (AvgIpc) is 2.38. The van der Waals surface area contributed by atoms with Gasteiger partial charge < -0.3 is 10.5 Å². The van der Waals surface area contributed by atoms with Crippen molar-refractivity contribution in [1.82, 2.24) is 9.97 Å². The maximum absolute atomic E-state index is 6.29. The molecule has 1 unspecified atom stereocenters. The van der Waals surface area contributed by atoms with Gasteiger partial charge in [-0.15, -0.1) is 0 Å². The lowest BCUT2D eigenvalue weighted by Crippen LogP contribution is -2.14. The van der Waals surface area contributed by atoms with Gasteiger partial charge in [0.2, 0.25) is 0 Å². The summed E-state index contributed by atoms with van der Waals surface area (Å²) in [6, 6.07) is 3.67. The monoisotopic (exact) mass is 257 g/mol. The summed E-state index contributed by atoms with van der Waals surface area (Å²) in [4.78, 5) is 8.28. The molecule has 19 heavy (non-hydrogen) atoms. The molecule has 0 bridgehead atoms. The van der Waals surface area contributed by atoms with Gasteiger partial charge in [-0.25, -0.2) is 0 Å². The first kappa shape index (κ1) is 13.5. The van der Waals surface area contributed by atoms with Crippen LogP contribution < -0.4 is 10.5 Å². The van der Waals surface area contributed by atoms with E-state index in [0.29, 0.717) is 0 Å². The zero-order valence-electron chi connectivity index (χ0n) is 11.5. The SMILES string of the molecule is Cc1cnccc1C(N)c1cncc(OC(C)C)c1. The fourth-order valence-electron chi connectivity index (χ4n) is 1.95. The summed E-state index contributed by atoms with van der Waals surface area (Å²) in [6.07, 6.45) is 7.17. The molecule has 100 valence electrons. The van der Waals surface area contributed by atoms with Crippen LogP contribution in [0.1, 0.15) is 36.6 Å². The molecule has 0 fully saturated rings. The standard InChI is InChI=1S/C15H19N3O/c1-10(2)19-13-6-12(8-18-9-13)15(16)14-4-5-17-7-11(14)3/h4-10,15H,16H2,1-3H3. The first-order chi connectivity index (χ1) is 9.08. The van der Waals surface area contributed by atoms with Crippen molar-refractivity contribution >= 4 is 0 Å². The highest BCUT2D eigenvalue weighted by Gasteiger charge is 2.12. The number of pyridine rings is 2. The molecule has 0 aromatic carbocycles. The molecule has 2 N–H and O–H groups in total. The summed E-state index contributed by atoms with van der Waals surface area (Å²) in [7, 11) is 0. The highest BCUT2D eigenvalue weighted by atomic mass is 16.5. The normalized spacial score (nSPS) is 12.5. The molecule has 0 saturated carbocycles. The van der Waals surface area contributed by atoms with E-state index in [1.165, 1.54) is 0 Å². The fourth-order valence-corrected chi connectivity index (χ4v) is 1.95. The van der Waals surface area contributed by atoms with E-state index in [0.717, 1.165) is 22.4 Å². The van der Waals surface area contributed by atoms with Crippen LogP contribution in [0.3, 0.4) is 0 Å². The minimum atomic E-state index is -0.216. The van der Waals surface area contributed by atoms with Gasteiger partial charge in [-0.1, -0.05) is 0 Å². The molecule has 4 nitrogen and oxygen atoms in total. The molecule has 0 aliphatic carbocycles. The van der Waals surface area contributed by atoms with E-state index in [1.807, 2.05) is 39.1 Å². The van der Waals surface area contributed by atoms with Gasteiger partial charge in [0.1, 0.15) is 5.75 Å². The van der Waals surface area contributed by atoms with E-state index in [-0.39, 0.29) is 12.1 Å². The Morgan fingerprint density at radius 1 is 1.16 bits per heavy atom. The van der Waals surface area contributed by atoms with Crippen molar-refractivity contribution in [3.63, 3.8) is 0 Å². The molecule has 4 heteroatoms. The maximum atomic E-state index is 6.29. The lowest BCUT2D eigenvalue weighted by atomic mass is 9.98. The molecular weight excluding hydrogens is 238 g/mol. The predicted molar refractivity (Wildman–Crippen MR) is 75.0 cm³/mol. The molecule has 2 aromatic heterocycles. The molecule has 0 amide bonds. The fraction of sp³-hybridized carbons (Fsp3) is 0.333. The van der Waals surface area contributed by atoms with Crippen LogP contribution in [-0.4, -0.2) is 16.1 Å². The maximum Gasteiger partial charge on any atom is 0.138 e. The third-order valence-corrected chi connectivity index (χ3v) is 2.86. The summed E-state index contributed by atoms with van der Waals surface area (Å²) in [5.74, 6) is 0.745. The minimum absolute atomic E-state index is 0.121. The Labute approximate surface area is 113 Å². The predicted octanol–water partition coefficient (Wildman–Crippen LogP) is 2.62. The van der Waals surface area contributed by atoms with E-state index in [1.54, 1.807) is 18.6 Å². The number of rotatable bonds is 4. The molecule has 0 radical (unpaired) electrons. The van der Waals surface area contributed by atoms with E-state index >= 15 is 0 Å². The Morgan fingerprint density at radius 3 is 2.63 bits per heavy atom. The minimum Gasteiger partial charge on any atom is -0.489 e. The lowest BCUT2D eigenvalue weighted by molar-refractivity contribution is 0.241. The smallest absolute Gasteiger partial charge is 0.138 e. The van der Waals surface area contributed by atoms with Crippen molar-refractivity contribution in [1.29, 1.82) is 0 Å². The van der Waals surface area contributed by atoms with Crippen molar-refractivity contribution in [2.45, 2.75) is 32.9 Å². The lowest BCUT2D eigenvalue weighted by Gasteiger charge is -2.16. The second-order valence-electron chi connectivity index (χ2n) is 4.83.